The van der Waals surface area contributed by atoms with Crippen molar-refractivity contribution < 1.29 is 29.3 Å². The smallest absolute Gasteiger partial charge is 0.245 e. The molecule has 0 unspecified atom stereocenters. The van der Waals surface area contributed by atoms with E-state index < -0.39 is 29.8 Å². The Hall–Kier alpha value is -6.43. The molecule has 4 aliphatic heterocycles. The Balaban J connectivity index is 0.00000476. The number of hydrogen-bond donors (Lipinski definition) is 1. The molecular weight excluding hydrogens is 775 g/mol. The number of pyridine rings is 1. The minimum absolute atomic E-state index is 0. The molecule has 8 heterocycles. The number of imidazole rings is 1. The summed E-state index contributed by atoms with van der Waals surface area (Å²) < 4.78 is 45.6. The van der Waals surface area contributed by atoms with Crippen LogP contribution in [-0.2, 0) is 20.9 Å². The van der Waals surface area contributed by atoms with E-state index in [1.165, 1.54) is 24.3 Å². The van der Waals surface area contributed by atoms with E-state index in [-0.39, 0.29) is 44.7 Å². The standard InChI is InChI=1S/C42H44F2N12O4.H2/c1-23-46-31-16-25(44)15-28-30-7-5-9-36(48-30)47-26-18-34(41(58)52(3)21-27(59-4)22-54(23)37(28)31)55(20-26)38-29-19-45-56-32-11-10-24(43)17-35(32)60-14-13-51(2)40(57)33-8-6-12-53(33)42(49-38)50-39(29)56;/h5,7,9-11,15-17,19,26-27,33-34H,6,8,12-14,18,20-22H2,1-4H3,(H,47,48);1H/t26-,27-,33-,34-;/m0./s1. The lowest BCUT2D eigenvalue weighted by Crippen LogP contribution is -2.48. The maximum atomic E-state index is 15.2. The topological polar surface area (TPSA) is 152 Å². The zero-order valence-electron chi connectivity index (χ0n) is 33.7. The van der Waals surface area contributed by atoms with Crippen LogP contribution in [0.4, 0.5) is 26.4 Å². The van der Waals surface area contributed by atoms with Gasteiger partial charge in [0.25, 0.3) is 0 Å². The molecule has 4 aromatic heterocycles. The van der Waals surface area contributed by atoms with Crippen molar-refractivity contribution >= 4 is 51.5 Å². The molecular formula is C42H46F2N12O4. The molecule has 0 aliphatic carbocycles. The van der Waals surface area contributed by atoms with Gasteiger partial charge >= 0.3 is 0 Å². The number of carbonyl (C=O) groups is 2. The number of likely N-dealkylation sites (N-methyl/N-ethyl adjacent to an activating group) is 2. The summed E-state index contributed by atoms with van der Waals surface area (Å²) in [7, 11) is 5.11. The van der Waals surface area contributed by atoms with Crippen molar-refractivity contribution in [2.75, 3.05) is 69.1 Å². The lowest BCUT2D eigenvalue weighted by atomic mass is 10.1. The van der Waals surface area contributed by atoms with E-state index in [4.69, 9.17) is 34.5 Å². The van der Waals surface area contributed by atoms with Crippen molar-refractivity contribution in [1.29, 1.82) is 0 Å². The van der Waals surface area contributed by atoms with Crippen LogP contribution in [0.3, 0.4) is 0 Å². The third-order valence-corrected chi connectivity index (χ3v) is 12.2. The van der Waals surface area contributed by atoms with Gasteiger partial charge in [-0.3, -0.25) is 9.59 Å². The number of anilines is 3. The lowest BCUT2D eigenvalue weighted by molar-refractivity contribution is -0.133. The number of halogens is 2. The number of aryl methyl sites for hydroxylation is 1. The second-order valence-corrected chi connectivity index (χ2v) is 16.0. The van der Waals surface area contributed by atoms with Crippen LogP contribution in [0, 0.1) is 18.6 Å². The molecule has 4 aliphatic rings. The van der Waals surface area contributed by atoms with Gasteiger partial charge in [0, 0.05) is 66.0 Å². The number of rotatable bonds is 2. The summed E-state index contributed by atoms with van der Waals surface area (Å²) in [5.74, 6) is 1.12. The second-order valence-electron chi connectivity index (χ2n) is 16.0. The van der Waals surface area contributed by atoms with Crippen LogP contribution in [-0.4, -0.2) is 134 Å². The Morgan fingerprint density at radius 1 is 0.900 bits per heavy atom. The minimum atomic E-state index is -0.700. The number of nitrogens with one attached hydrogen (secondary N) is 1. The van der Waals surface area contributed by atoms with Crippen molar-refractivity contribution in [2.24, 2.45) is 0 Å². The van der Waals surface area contributed by atoms with Crippen LogP contribution in [0.2, 0.25) is 0 Å². The summed E-state index contributed by atoms with van der Waals surface area (Å²) in [4.78, 5) is 56.0. The Bertz CT molecular complexity index is 2690. The monoisotopic (exact) mass is 820 g/mol. The Kier molecular flexibility index (Phi) is 9.26. The molecule has 4 atom stereocenters. The van der Waals surface area contributed by atoms with Gasteiger partial charge in [0.2, 0.25) is 17.8 Å². The maximum absolute atomic E-state index is 15.2. The highest BCUT2D eigenvalue weighted by Crippen LogP contribution is 2.38. The summed E-state index contributed by atoms with van der Waals surface area (Å²) in [5, 5.41) is 8.91. The van der Waals surface area contributed by atoms with E-state index in [0.717, 1.165) is 11.9 Å². The Labute approximate surface area is 345 Å². The first-order valence-electron chi connectivity index (χ1n) is 20.2. The molecule has 16 nitrogen and oxygen atoms in total. The van der Waals surface area contributed by atoms with Crippen LogP contribution in [0.15, 0.2) is 54.7 Å². The molecule has 2 saturated heterocycles. The minimum Gasteiger partial charge on any atom is -0.489 e. The maximum Gasteiger partial charge on any atom is 0.245 e. The molecule has 10 rings (SSSR count). The number of ether oxygens (including phenoxy) is 2. The highest BCUT2D eigenvalue weighted by molar-refractivity contribution is 5.95. The second kappa shape index (κ2) is 14.7. The number of benzene rings is 2. The third kappa shape index (κ3) is 6.40. The molecule has 2 aromatic carbocycles. The van der Waals surface area contributed by atoms with Crippen molar-refractivity contribution in [1.82, 2.24) is 44.1 Å². The largest absolute Gasteiger partial charge is 0.489 e. The van der Waals surface area contributed by atoms with Crippen molar-refractivity contribution in [3.63, 3.8) is 0 Å². The quantitative estimate of drug-likeness (QED) is 0.263. The molecule has 0 radical (unpaired) electrons. The van der Waals surface area contributed by atoms with Crippen molar-refractivity contribution in [3.05, 3.63) is 72.2 Å². The van der Waals surface area contributed by atoms with Crippen molar-refractivity contribution in [3.8, 4) is 22.7 Å². The average molecular weight is 821 g/mol. The normalized spacial score (nSPS) is 22.2. The zero-order chi connectivity index (χ0) is 41.4. The van der Waals surface area contributed by atoms with Gasteiger partial charge in [-0.1, -0.05) is 6.07 Å². The number of nitrogens with zero attached hydrogens (tertiary/aromatic N) is 11. The fourth-order valence-electron chi connectivity index (χ4n) is 9.22. The number of amides is 2. The molecule has 0 spiro atoms. The van der Waals surface area contributed by atoms with Gasteiger partial charge in [0.15, 0.2) is 5.65 Å². The molecule has 60 heavy (non-hydrogen) atoms. The van der Waals surface area contributed by atoms with Crippen LogP contribution in [0.5, 0.6) is 5.75 Å². The highest BCUT2D eigenvalue weighted by atomic mass is 19.1. The summed E-state index contributed by atoms with van der Waals surface area (Å²) in [6.45, 7) is 3.78. The SMILES string of the molecule is CO[C@H]1CN(C)C(=O)[C@@H]2C[C@@H](CN2c2nc3nc4c2cnn4-c2ccc(F)cc2OCCN(C)C(=O)[C@@H]2CCCN32)Nc2cccc(n2)-c2cc(F)cc3nc(C)n(c23)C1.[HH]. The van der Waals surface area contributed by atoms with Crippen LogP contribution < -0.4 is 19.9 Å². The molecule has 6 aromatic rings. The summed E-state index contributed by atoms with van der Waals surface area (Å²) in [6.07, 6.45) is 2.97. The predicted molar refractivity (Wildman–Crippen MR) is 221 cm³/mol. The van der Waals surface area contributed by atoms with E-state index >= 15 is 4.39 Å². The fraction of sp³-hybridized carbons (Fsp3) is 0.405. The van der Waals surface area contributed by atoms with E-state index in [9.17, 15) is 14.0 Å². The van der Waals surface area contributed by atoms with E-state index in [0.29, 0.717) is 89.4 Å². The molecule has 6 bridgehead atoms. The van der Waals surface area contributed by atoms with Crippen LogP contribution in [0.1, 0.15) is 26.5 Å². The summed E-state index contributed by atoms with van der Waals surface area (Å²) in [5.41, 5.74) is 3.28. The number of carbonyl (C=O) groups excluding carboxylic acids is 2. The lowest BCUT2D eigenvalue weighted by Gasteiger charge is -2.32. The molecule has 2 fully saturated rings. The summed E-state index contributed by atoms with van der Waals surface area (Å²) >= 11 is 0. The zero-order valence-corrected chi connectivity index (χ0v) is 33.7. The summed E-state index contributed by atoms with van der Waals surface area (Å²) in [6, 6.07) is 11.2. The molecule has 1 N–H and O–H groups in total. The molecule has 2 amide bonds. The number of hydrogen-bond acceptors (Lipinski definition) is 12. The Morgan fingerprint density at radius 3 is 2.60 bits per heavy atom. The van der Waals surface area contributed by atoms with Gasteiger partial charge in [-0.15, -0.1) is 0 Å². The van der Waals surface area contributed by atoms with E-state index in [1.807, 2.05) is 39.5 Å². The first-order valence-corrected chi connectivity index (χ1v) is 20.2. The molecule has 18 heteroatoms. The van der Waals surface area contributed by atoms with Gasteiger partial charge < -0.3 is 39.0 Å². The number of aromatic nitrogens is 7. The van der Waals surface area contributed by atoms with Gasteiger partial charge in [0.05, 0.1) is 47.5 Å². The predicted octanol–water partition coefficient (Wildman–Crippen LogP) is 4.43. The molecule has 0 saturated carbocycles. The van der Waals surface area contributed by atoms with Crippen molar-refractivity contribution in [2.45, 2.75) is 57.0 Å². The van der Waals surface area contributed by atoms with E-state index in [1.54, 1.807) is 47.9 Å². The van der Waals surface area contributed by atoms with Gasteiger partial charge in [-0.25, -0.2) is 23.4 Å². The molecule has 312 valence electrons. The highest BCUT2D eigenvalue weighted by Gasteiger charge is 2.42. The first kappa shape index (κ1) is 37.8. The Morgan fingerprint density at radius 2 is 1.75 bits per heavy atom. The van der Waals surface area contributed by atoms with E-state index in [2.05, 4.69) is 5.32 Å². The van der Waals surface area contributed by atoms with Gasteiger partial charge in [-0.2, -0.15) is 15.1 Å². The van der Waals surface area contributed by atoms with Gasteiger partial charge in [-0.05, 0) is 56.5 Å². The number of fused-ring (bicyclic) bond motifs is 10. The average Bonchev–Trinajstić information content (AvgIpc) is 4.04. The van der Waals surface area contributed by atoms with Crippen LogP contribution >= 0.6 is 0 Å². The fourth-order valence-corrected chi connectivity index (χ4v) is 9.22. The number of methoxy groups -OCH3 is 1. The van der Waals surface area contributed by atoms with Crippen LogP contribution in [0.25, 0.3) is 39.0 Å². The third-order valence-electron chi connectivity index (χ3n) is 12.2. The first-order chi connectivity index (χ1) is 29.0. The van der Waals surface area contributed by atoms with Gasteiger partial charge in [0.1, 0.15) is 59.2 Å².